The molecular weight excluding hydrogens is 397 g/mol. The van der Waals surface area contributed by atoms with Crippen LogP contribution >= 0.6 is 39.1 Å². The predicted molar refractivity (Wildman–Crippen MR) is 98.9 cm³/mol. The Kier molecular flexibility index (Phi) is 3.84. The molecule has 0 bridgehead atoms. The Balaban J connectivity index is 1.89. The van der Waals surface area contributed by atoms with Crippen LogP contribution in [-0.2, 0) is 6.42 Å². The van der Waals surface area contributed by atoms with Crippen molar-refractivity contribution in [3.05, 3.63) is 62.5 Å². The second kappa shape index (κ2) is 5.86. The quantitative estimate of drug-likeness (QED) is 0.600. The second-order valence-corrected chi connectivity index (χ2v) is 7.19. The highest BCUT2D eigenvalue weighted by Gasteiger charge is 2.24. The van der Waals surface area contributed by atoms with Gasteiger partial charge >= 0.3 is 0 Å². The van der Waals surface area contributed by atoms with Gasteiger partial charge in [0.25, 0.3) is 0 Å². The Morgan fingerprint density at radius 3 is 2.43 bits per heavy atom. The predicted octanol–water partition coefficient (Wildman–Crippen LogP) is 5.58. The number of benzene rings is 2. The lowest BCUT2D eigenvalue weighted by Crippen LogP contribution is -2.04. The topological polar surface area (TPSA) is 29.9 Å². The van der Waals surface area contributed by atoms with Gasteiger partial charge in [-0.3, -0.25) is 0 Å². The van der Waals surface area contributed by atoms with E-state index in [1.54, 1.807) is 6.07 Å². The summed E-state index contributed by atoms with van der Waals surface area (Å²) in [6, 6.07) is 13.6. The Morgan fingerprint density at radius 1 is 1.04 bits per heavy atom. The fourth-order valence-electron chi connectivity index (χ4n) is 2.86. The molecule has 0 saturated carbocycles. The molecule has 23 heavy (non-hydrogen) atoms. The van der Waals surface area contributed by atoms with Crippen molar-refractivity contribution in [1.29, 1.82) is 0 Å². The van der Waals surface area contributed by atoms with Gasteiger partial charge in [-0.15, -0.1) is 0 Å². The van der Waals surface area contributed by atoms with E-state index in [1.807, 2.05) is 28.9 Å². The third-order valence-corrected chi connectivity index (χ3v) is 4.83. The van der Waals surface area contributed by atoms with Crippen molar-refractivity contribution in [2.24, 2.45) is 0 Å². The molecule has 1 N–H and O–H groups in total. The zero-order valence-electron chi connectivity index (χ0n) is 12.0. The molecule has 3 nitrogen and oxygen atoms in total. The van der Waals surface area contributed by atoms with E-state index in [-0.39, 0.29) is 0 Å². The third-order valence-electron chi connectivity index (χ3n) is 3.86. The Labute approximate surface area is 152 Å². The Morgan fingerprint density at radius 2 is 1.74 bits per heavy atom. The normalized spacial score (nSPS) is 13.0. The minimum absolute atomic E-state index is 0.597. The summed E-state index contributed by atoms with van der Waals surface area (Å²) >= 11 is 15.8. The van der Waals surface area contributed by atoms with Gasteiger partial charge in [-0.1, -0.05) is 51.3 Å². The molecule has 3 aromatic rings. The Hall–Kier alpha value is -1.49. The standard InChI is InChI=1S/C17H12BrCl2N3/c18-11-3-1-10(2-4-11)16-15-5-6-21-17(15)23(22-16)14-8-12(19)7-13(20)9-14/h1-4,7-9,21H,5-6H2. The van der Waals surface area contributed by atoms with Gasteiger partial charge in [0, 0.05) is 32.2 Å². The van der Waals surface area contributed by atoms with Crippen LogP contribution in [0.1, 0.15) is 5.56 Å². The number of aromatic nitrogens is 2. The summed E-state index contributed by atoms with van der Waals surface area (Å²) in [6.45, 7) is 0.908. The van der Waals surface area contributed by atoms with Crippen LogP contribution in [-0.4, -0.2) is 16.3 Å². The van der Waals surface area contributed by atoms with Crippen LogP contribution < -0.4 is 5.32 Å². The zero-order chi connectivity index (χ0) is 16.0. The number of hydrogen-bond donors (Lipinski definition) is 1. The first-order valence-corrected chi connectivity index (χ1v) is 8.75. The van der Waals surface area contributed by atoms with Crippen LogP contribution in [0, 0.1) is 0 Å². The zero-order valence-corrected chi connectivity index (χ0v) is 15.1. The molecule has 0 unspecified atom stereocenters. The van der Waals surface area contributed by atoms with Crippen molar-refractivity contribution in [3.8, 4) is 16.9 Å². The average Bonchev–Trinajstić information content (AvgIpc) is 3.09. The lowest BCUT2D eigenvalue weighted by atomic mass is 10.1. The number of halogens is 3. The number of rotatable bonds is 2. The monoisotopic (exact) mass is 407 g/mol. The molecule has 0 aliphatic carbocycles. The number of nitrogens with zero attached hydrogens (tertiary/aromatic N) is 2. The highest BCUT2D eigenvalue weighted by atomic mass is 79.9. The maximum Gasteiger partial charge on any atom is 0.133 e. The SMILES string of the molecule is Clc1cc(Cl)cc(-n2nc(-c3ccc(Br)cc3)c3c2NCC3)c1. The maximum absolute atomic E-state index is 6.14. The molecule has 0 spiro atoms. The maximum atomic E-state index is 6.14. The van der Waals surface area contributed by atoms with Gasteiger partial charge in [-0.25, -0.2) is 4.68 Å². The number of anilines is 1. The van der Waals surface area contributed by atoms with Crippen molar-refractivity contribution in [2.45, 2.75) is 6.42 Å². The summed E-state index contributed by atoms with van der Waals surface area (Å²) in [6.07, 6.45) is 0.953. The van der Waals surface area contributed by atoms with Crippen LogP contribution in [0.5, 0.6) is 0 Å². The van der Waals surface area contributed by atoms with E-state index in [1.165, 1.54) is 5.56 Å². The van der Waals surface area contributed by atoms with Crippen LogP contribution in [0.15, 0.2) is 46.9 Å². The van der Waals surface area contributed by atoms with Crippen molar-refractivity contribution >= 4 is 44.9 Å². The first kappa shape index (κ1) is 15.1. The van der Waals surface area contributed by atoms with Crippen molar-refractivity contribution in [2.75, 3.05) is 11.9 Å². The molecule has 6 heteroatoms. The number of nitrogens with one attached hydrogen (secondary N) is 1. The van der Waals surface area contributed by atoms with Crippen LogP contribution in [0.3, 0.4) is 0 Å². The molecule has 2 aromatic carbocycles. The minimum atomic E-state index is 0.597. The summed E-state index contributed by atoms with van der Waals surface area (Å²) in [5.74, 6) is 1.02. The van der Waals surface area contributed by atoms with Gasteiger partial charge in [0.05, 0.1) is 11.4 Å². The summed E-state index contributed by atoms with van der Waals surface area (Å²) in [7, 11) is 0. The summed E-state index contributed by atoms with van der Waals surface area (Å²) in [5.41, 5.74) is 4.17. The molecule has 4 rings (SSSR count). The highest BCUT2D eigenvalue weighted by molar-refractivity contribution is 9.10. The summed E-state index contributed by atoms with van der Waals surface area (Å²) in [5, 5.41) is 9.41. The Bertz CT molecular complexity index is 867. The number of fused-ring (bicyclic) bond motifs is 1. The molecule has 0 fully saturated rings. The largest absolute Gasteiger partial charge is 0.369 e. The molecular formula is C17H12BrCl2N3. The molecule has 1 aliphatic heterocycles. The molecule has 0 atom stereocenters. The summed E-state index contributed by atoms with van der Waals surface area (Å²) in [4.78, 5) is 0. The molecule has 116 valence electrons. The summed E-state index contributed by atoms with van der Waals surface area (Å²) < 4.78 is 2.94. The fraction of sp³-hybridized carbons (Fsp3) is 0.118. The minimum Gasteiger partial charge on any atom is -0.369 e. The molecule has 0 amide bonds. The van der Waals surface area contributed by atoms with Crippen molar-refractivity contribution in [1.82, 2.24) is 9.78 Å². The average molecular weight is 409 g/mol. The molecule has 0 radical (unpaired) electrons. The number of hydrogen-bond acceptors (Lipinski definition) is 2. The first-order valence-electron chi connectivity index (χ1n) is 7.20. The van der Waals surface area contributed by atoms with E-state index in [0.29, 0.717) is 10.0 Å². The fourth-order valence-corrected chi connectivity index (χ4v) is 3.64. The molecule has 1 aliphatic rings. The van der Waals surface area contributed by atoms with Crippen molar-refractivity contribution < 1.29 is 0 Å². The van der Waals surface area contributed by atoms with Crippen LogP contribution in [0.2, 0.25) is 10.0 Å². The van der Waals surface area contributed by atoms with E-state index >= 15 is 0 Å². The van der Waals surface area contributed by atoms with Gasteiger partial charge in [-0.2, -0.15) is 5.10 Å². The molecule has 2 heterocycles. The van der Waals surface area contributed by atoms with E-state index in [0.717, 1.165) is 40.2 Å². The van der Waals surface area contributed by atoms with Crippen molar-refractivity contribution in [3.63, 3.8) is 0 Å². The van der Waals surface area contributed by atoms with Gasteiger partial charge in [0.2, 0.25) is 0 Å². The van der Waals surface area contributed by atoms with E-state index in [9.17, 15) is 0 Å². The molecule has 1 aromatic heterocycles. The highest BCUT2D eigenvalue weighted by Crippen LogP contribution is 2.35. The third kappa shape index (κ3) is 2.75. The first-order chi connectivity index (χ1) is 11.1. The lowest BCUT2D eigenvalue weighted by Gasteiger charge is -2.07. The second-order valence-electron chi connectivity index (χ2n) is 5.40. The van der Waals surface area contributed by atoms with Gasteiger partial charge in [0.15, 0.2) is 0 Å². The smallest absolute Gasteiger partial charge is 0.133 e. The van der Waals surface area contributed by atoms with E-state index in [2.05, 4.69) is 33.4 Å². The van der Waals surface area contributed by atoms with Gasteiger partial charge in [-0.05, 0) is 36.8 Å². The van der Waals surface area contributed by atoms with Gasteiger partial charge < -0.3 is 5.32 Å². The van der Waals surface area contributed by atoms with Gasteiger partial charge in [0.1, 0.15) is 5.82 Å². The van der Waals surface area contributed by atoms with Crippen LogP contribution in [0.25, 0.3) is 16.9 Å². The lowest BCUT2D eigenvalue weighted by molar-refractivity contribution is 0.882. The van der Waals surface area contributed by atoms with E-state index in [4.69, 9.17) is 28.3 Å². The van der Waals surface area contributed by atoms with E-state index < -0.39 is 0 Å². The molecule has 0 saturated heterocycles. The van der Waals surface area contributed by atoms with Crippen LogP contribution in [0.4, 0.5) is 5.82 Å².